The highest BCUT2D eigenvalue weighted by atomic mass is 16.2. The van der Waals surface area contributed by atoms with Crippen molar-refractivity contribution in [3.05, 3.63) is 71.3 Å². The largest absolute Gasteiger partial charge is 0.350 e. The maximum atomic E-state index is 12.9. The van der Waals surface area contributed by atoms with Gasteiger partial charge in [-0.3, -0.25) is 9.59 Å². The van der Waals surface area contributed by atoms with Crippen LogP contribution in [0.4, 0.5) is 0 Å². The summed E-state index contributed by atoms with van der Waals surface area (Å²) in [7, 11) is 0. The van der Waals surface area contributed by atoms with E-state index in [1.165, 1.54) is 31.5 Å². The van der Waals surface area contributed by atoms with Gasteiger partial charge in [0.1, 0.15) is 12.6 Å². The Bertz CT molecular complexity index is 829. The van der Waals surface area contributed by atoms with E-state index < -0.39 is 6.04 Å². The quantitative estimate of drug-likeness (QED) is 0.593. The van der Waals surface area contributed by atoms with E-state index in [1.54, 1.807) is 4.90 Å². The number of benzene rings is 2. The Kier molecular flexibility index (Phi) is 8.03. The molecule has 0 unspecified atom stereocenters. The van der Waals surface area contributed by atoms with Crippen LogP contribution < -0.4 is 15.5 Å². The van der Waals surface area contributed by atoms with Crippen molar-refractivity contribution < 1.29 is 14.5 Å². The zero-order chi connectivity index (χ0) is 21.3. The lowest BCUT2D eigenvalue weighted by atomic mass is 10.0. The van der Waals surface area contributed by atoms with Crippen molar-refractivity contribution in [1.82, 2.24) is 10.6 Å². The first-order valence-electron chi connectivity index (χ1n) is 11.0. The van der Waals surface area contributed by atoms with Gasteiger partial charge in [-0.15, -0.1) is 0 Å². The maximum absolute atomic E-state index is 12.9. The fourth-order valence-corrected chi connectivity index (χ4v) is 4.06. The molecule has 0 spiro atoms. The predicted molar refractivity (Wildman–Crippen MR) is 119 cm³/mol. The molecule has 0 aliphatic carbocycles. The molecule has 30 heavy (non-hydrogen) atoms. The summed E-state index contributed by atoms with van der Waals surface area (Å²) in [4.78, 5) is 26.9. The molecule has 5 heteroatoms. The van der Waals surface area contributed by atoms with Crippen molar-refractivity contribution >= 4 is 11.8 Å². The summed E-state index contributed by atoms with van der Waals surface area (Å²) in [5.74, 6) is -0.253. The van der Waals surface area contributed by atoms with Crippen molar-refractivity contribution in [2.75, 3.05) is 13.1 Å². The topological polar surface area (TPSA) is 62.6 Å². The Morgan fingerprint density at radius 2 is 1.57 bits per heavy atom. The van der Waals surface area contributed by atoms with E-state index in [0.717, 1.165) is 17.7 Å². The minimum absolute atomic E-state index is 0.00834. The molecule has 0 bridgehead atoms. The second kappa shape index (κ2) is 10.9. The van der Waals surface area contributed by atoms with Crippen LogP contribution >= 0.6 is 0 Å². The van der Waals surface area contributed by atoms with E-state index in [1.807, 2.05) is 50.2 Å². The molecule has 1 heterocycles. The number of rotatable bonds is 9. The molecule has 1 aliphatic rings. The van der Waals surface area contributed by atoms with Gasteiger partial charge < -0.3 is 15.5 Å². The summed E-state index contributed by atoms with van der Waals surface area (Å²) in [6.45, 7) is 7.86. The molecule has 2 amide bonds. The molecule has 160 valence electrons. The number of likely N-dealkylation sites (tertiary alicyclic amines) is 1. The molecule has 1 aliphatic heterocycles. The first-order valence-corrected chi connectivity index (χ1v) is 11.0. The van der Waals surface area contributed by atoms with Gasteiger partial charge in [-0.1, -0.05) is 68.4 Å². The van der Waals surface area contributed by atoms with Crippen molar-refractivity contribution in [3.63, 3.8) is 0 Å². The smallest absolute Gasteiger partial charge is 0.243 e. The zero-order valence-corrected chi connectivity index (χ0v) is 18.1. The van der Waals surface area contributed by atoms with Gasteiger partial charge in [-0.2, -0.15) is 0 Å². The van der Waals surface area contributed by atoms with Crippen LogP contribution in [0.3, 0.4) is 0 Å². The molecule has 0 radical (unpaired) electrons. The van der Waals surface area contributed by atoms with E-state index in [2.05, 4.69) is 28.8 Å². The van der Waals surface area contributed by atoms with E-state index in [4.69, 9.17) is 0 Å². The lowest BCUT2D eigenvalue weighted by molar-refractivity contribution is -0.901. The molecule has 1 fully saturated rings. The van der Waals surface area contributed by atoms with E-state index in [0.29, 0.717) is 6.54 Å². The number of carbonyl (C=O) groups is 2. The van der Waals surface area contributed by atoms with Gasteiger partial charge in [-0.05, 0) is 17.0 Å². The van der Waals surface area contributed by atoms with Gasteiger partial charge in [0, 0.05) is 24.9 Å². The minimum atomic E-state index is -0.544. The predicted octanol–water partition coefficient (Wildman–Crippen LogP) is 1.86. The van der Waals surface area contributed by atoms with Gasteiger partial charge in [0.2, 0.25) is 11.8 Å². The Hall–Kier alpha value is -2.66. The van der Waals surface area contributed by atoms with Gasteiger partial charge in [-0.25, -0.2) is 0 Å². The Labute approximate surface area is 179 Å². The van der Waals surface area contributed by atoms with Crippen molar-refractivity contribution in [2.24, 2.45) is 5.92 Å². The summed E-state index contributed by atoms with van der Waals surface area (Å²) in [6, 6.07) is 17.4. The van der Waals surface area contributed by atoms with Crippen LogP contribution in [0.15, 0.2) is 54.6 Å². The highest BCUT2D eigenvalue weighted by molar-refractivity contribution is 5.88. The van der Waals surface area contributed by atoms with Crippen molar-refractivity contribution in [3.8, 4) is 0 Å². The van der Waals surface area contributed by atoms with E-state index in [9.17, 15) is 9.59 Å². The third-order valence-corrected chi connectivity index (χ3v) is 5.80. The molecule has 5 nitrogen and oxygen atoms in total. The second-order valence-corrected chi connectivity index (χ2v) is 8.57. The molecule has 1 atom stereocenters. The summed E-state index contributed by atoms with van der Waals surface area (Å²) < 4.78 is 0. The fraction of sp³-hybridized carbons (Fsp3) is 0.440. The van der Waals surface area contributed by atoms with Crippen LogP contribution in [0.25, 0.3) is 0 Å². The molecule has 2 aromatic carbocycles. The van der Waals surface area contributed by atoms with Crippen LogP contribution in [-0.2, 0) is 29.1 Å². The normalized spacial score (nSPS) is 15.2. The average Bonchev–Trinajstić information content (AvgIpc) is 3.25. The van der Waals surface area contributed by atoms with Crippen LogP contribution in [0.5, 0.6) is 0 Å². The number of amides is 2. The number of quaternary nitrogens is 1. The molecule has 3 rings (SSSR count). The van der Waals surface area contributed by atoms with Gasteiger partial charge in [0.05, 0.1) is 19.5 Å². The van der Waals surface area contributed by atoms with Gasteiger partial charge in [0.15, 0.2) is 0 Å². The van der Waals surface area contributed by atoms with Crippen LogP contribution in [-0.4, -0.2) is 30.9 Å². The number of nitrogens with one attached hydrogen (secondary N) is 3. The third-order valence-electron chi connectivity index (χ3n) is 5.80. The summed E-state index contributed by atoms with van der Waals surface area (Å²) in [5.41, 5.74) is 3.39. The van der Waals surface area contributed by atoms with Crippen LogP contribution in [0, 0.1) is 5.92 Å². The second-order valence-electron chi connectivity index (χ2n) is 8.57. The number of hydrogen-bond acceptors (Lipinski definition) is 2. The molecule has 1 saturated heterocycles. The molecule has 2 aromatic rings. The van der Waals surface area contributed by atoms with Crippen molar-refractivity contribution in [1.29, 1.82) is 0 Å². The summed E-state index contributed by atoms with van der Waals surface area (Å²) in [5, 5.41) is 5.97. The van der Waals surface area contributed by atoms with E-state index in [-0.39, 0.29) is 24.2 Å². The fourth-order valence-electron chi connectivity index (χ4n) is 4.06. The number of hydrogen-bond donors (Lipinski definition) is 3. The molecule has 3 N–H and O–H groups in total. The zero-order valence-electron chi connectivity index (χ0n) is 18.1. The Morgan fingerprint density at radius 3 is 2.23 bits per heavy atom. The standard InChI is InChI=1S/C25H33N3O2/c1-19(2)24(27-23(29)16-20-10-4-3-5-11-20)25(30)26-17-21-12-6-7-13-22(21)18-28-14-8-9-15-28/h3-7,10-13,19,24H,8-9,14-18H2,1-2H3,(H,26,30)(H,27,29)/p+1/t24-/m0/s1. The molecule has 0 saturated carbocycles. The Balaban J connectivity index is 1.57. The SMILES string of the molecule is CC(C)[C@H](NC(=O)Cc1ccccc1)C(=O)NCc1ccccc1C[NH+]1CCCC1. The summed E-state index contributed by atoms with van der Waals surface area (Å²) in [6.07, 6.45) is 2.87. The highest BCUT2D eigenvalue weighted by Gasteiger charge is 2.24. The molecule has 0 aromatic heterocycles. The summed E-state index contributed by atoms with van der Waals surface area (Å²) >= 11 is 0. The Morgan fingerprint density at radius 1 is 0.933 bits per heavy atom. The van der Waals surface area contributed by atoms with Gasteiger partial charge >= 0.3 is 0 Å². The lowest BCUT2D eigenvalue weighted by Gasteiger charge is -2.22. The molecular weight excluding hydrogens is 374 g/mol. The first kappa shape index (κ1) is 22.0. The first-order chi connectivity index (χ1) is 14.5. The van der Waals surface area contributed by atoms with Crippen LogP contribution in [0.1, 0.15) is 43.4 Å². The third kappa shape index (κ3) is 6.42. The minimum Gasteiger partial charge on any atom is -0.350 e. The number of carbonyl (C=O) groups excluding carboxylic acids is 2. The van der Waals surface area contributed by atoms with Crippen LogP contribution in [0.2, 0.25) is 0 Å². The highest BCUT2D eigenvalue weighted by Crippen LogP contribution is 2.10. The van der Waals surface area contributed by atoms with Crippen molar-refractivity contribution in [2.45, 2.75) is 52.2 Å². The molecular formula is C25H34N3O2+. The lowest BCUT2D eigenvalue weighted by Crippen LogP contribution is -3.08. The van der Waals surface area contributed by atoms with Gasteiger partial charge in [0.25, 0.3) is 0 Å². The monoisotopic (exact) mass is 408 g/mol. The maximum Gasteiger partial charge on any atom is 0.243 e. The average molecular weight is 409 g/mol. The van der Waals surface area contributed by atoms with E-state index >= 15 is 0 Å².